The van der Waals surface area contributed by atoms with Crippen molar-refractivity contribution in [3.63, 3.8) is 0 Å². The molecule has 0 saturated carbocycles. The van der Waals surface area contributed by atoms with Crippen molar-refractivity contribution < 1.29 is 14.4 Å². The van der Waals surface area contributed by atoms with Crippen LogP contribution in [0, 0.1) is 0 Å². The number of urea groups is 1. The fourth-order valence-corrected chi connectivity index (χ4v) is 2.04. The molecule has 1 heterocycles. The summed E-state index contributed by atoms with van der Waals surface area (Å²) < 4.78 is 0. The van der Waals surface area contributed by atoms with Crippen LogP contribution in [0.5, 0.6) is 0 Å². The molecular weight excluding hydrogens is 258 g/mol. The van der Waals surface area contributed by atoms with E-state index in [1.807, 2.05) is 30.3 Å². The number of nitrogens with one attached hydrogen (secondary N) is 2. The van der Waals surface area contributed by atoms with Gasteiger partial charge in [-0.1, -0.05) is 30.3 Å². The van der Waals surface area contributed by atoms with E-state index in [9.17, 15) is 14.4 Å². The van der Waals surface area contributed by atoms with Crippen molar-refractivity contribution in [2.24, 2.45) is 0 Å². The number of amides is 4. The Bertz CT molecular complexity index is 516. The third kappa shape index (κ3) is 3.34. The second-order valence-electron chi connectivity index (χ2n) is 4.69. The van der Waals surface area contributed by atoms with Crippen molar-refractivity contribution in [1.82, 2.24) is 15.5 Å². The molecule has 1 saturated heterocycles. The Kier molecular flexibility index (Phi) is 4.34. The molecule has 1 aliphatic heterocycles. The number of benzene rings is 1. The Labute approximate surface area is 117 Å². The summed E-state index contributed by atoms with van der Waals surface area (Å²) in [4.78, 5) is 35.9. The Hall–Kier alpha value is -2.37. The number of likely N-dealkylation sites (N-methyl/N-ethyl adjacent to an activating group) is 1. The third-order valence-corrected chi connectivity index (χ3v) is 3.25. The van der Waals surface area contributed by atoms with Gasteiger partial charge in [-0.25, -0.2) is 4.79 Å². The lowest BCUT2D eigenvalue weighted by Crippen LogP contribution is -2.54. The van der Waals surface area contributed by atoms with E-state index in [4.69, 9.17) is 0 Å². The van der Waals surface area contributed by atoms with Crippen molar-refractivity contribution in [2.45, 2.75) is 25.4 Å². The number of carbonyl (C=O) groups is 3. The zero-order chi connectivity index (χ0) is 14.5. The van der Waals surface area contributed by atoms with Gasteiger partial charge in [0.15, 0.2) is 0 Å². The molecule has 1 aliphatic rings. The highest BCUT2D eigenvalue weighted by Crippen LogP contribution is 2.11. The predicted octanol–water partition coefficient (Wildman–Crippen LogP) is 0.633. The Morgan fingerprint density at radius 1 is 1.30 bits per heavy atom. The summed E-state index contributed by atoms with van der Waals surface area (Å²) in [5.74, 6) is -0.575. The molecule has 1 atom stereocenters. The van der Waals surface area contributed by atoms with Gasteiger partial charge in [0.25, 0.3) is 5.91 Å². The molecule has 1 aromatic rings. The van der Waals surface area contributed by atoms with Crippen LogP contribution in [0.4, 0.5) is 4.79 Å². The number of likely N-dealkylation sites (tertiary alicyclic amines) is 1. The molecule has 1 fully saturated rings. The van der Waals surface area contributed by atoms with Crippen LogP contribution in [0.1, 0.15) is 18.4 Å². The smallest absolute Gasteiger partial charge is 0.315 e. The first-order valence-electron chi connectivity index (χ1n) is 6.46. The predicted molar refractivity (Wildman–Crippen MR) is 72.6 cm³/mol. The number of rotatable bonds is 3. The molecule has 2 N–H and O–H groups in total. The van der Waals surface area contributed by atoms with E-state index in [1.54, 1.807) is 0 Å². The van der Waals surface area contributed by atoms with Crippen LogP contribution in [-0.2, 0) is 16.1 Å². The lowest BCUT2D eigenvalue weighted by atomic mass is 10.1. The van der Waals surface area contributed by atoms with Crippen LogP contribution in [-0.4, -0.2) is 35.8 Å². The minimum Gasteiger partial charge on any atom is -0.334 e. The fraction of sp³-hybridized carbons (Fsp3) is 0.357. The molecule has 6 nitrogen and oxygen atoms in total. The molecule has 0 spiro atoms. The van der Waals surface area contributed by atoms with Crippen molar-refractivity contribution in [3.8, 4) is 0 Å². The second-order valence-corrected chi connectivity index (χ2v) is 4.69. The Balaban J connectivity index is 1.83. The standard InChI is InChI=1S/C14H17N3O3/c1-17-12(18)8-7-11(13(17)19)16-14(20)15-9-10-5-3-2-4-6-10/h2-6,11H,7-9H2,1H3,(H2,15,16,20). The highest BCUT2D eigenvalue weighted by Gasteiger charge is 2.32. The van der Waals surface area contributed by atoms with E-state index in [-0.39, 0.29) is 18.2 Å². The van der Waals surface area contributed by atoms with Gasteiger partial charge in [-0.3, -0.25) is 14.5 Å². The first-order chi connectivity index (χ1) is 9.58. The van der Waals surface area contributed by atoms with Crippen molar-refractivity contribution in [2.75, 3.05) is 7.05 Å². The summed E-state index contributed by atoms with van der Waals surface area (Å²) in [5, 5.41) is 5.28. The van der Waals surface area contributed by atoms with Crippen LogP contribution in [0.15, 0.2) is 30.3 Å². The van der Waals surface area contributed by atoms with E-state index in [0.29, 0.717) is 13.0 Å². The van der Waals surface area contributed by atoms with Crippen molar-refractivity contribution >= 4 is 17.8 Å². The Morgan fingerprint density at radius 3 is 2.70 bits per heavy atom. The first kappa shape index (κ1) is 14.0. The molecule has 106 valence electrons. The van der Waals surface area contributed by atoms with E-state index >= 15 is 0 Å². The molecule has 20 heavy (non-hydrogen) atoms. The number of imide groups is 1. The molecule has 0 aromatic heterocycles. The maximum Gasteiger partial charge on any atom is 0.315 e. The maximum absolute atomic E-state index is 11.8. The minimum atomic E-state index is -0.631. The van der Waals surface area contributed by atoms with Gasteiger partial charge in [0, 0.05) is 20.0 Å². The van der Waals surface area contributed by atoms with Crippen LogP contribution < -0.4 is 10.6 Å². The molecule has 0 aliphatic carbocycles. The molecule has 0 bridgehead atoms. The quantitative estimate of drug-likeness (QED) is 0.794. The van der Waals surface area contributed by atoms with Gasteiger partial charge < -0.3 is 10.6 Å². The zero-order valence-electron chi connectivity index (χ0n) is 11.3. The molecule has 1 unspecified atom stereocenters. The molecule has 2 rings (SSSR count). The normalized spacial score (nSPS) is 18.9. The second kappa shape index (κ2) is 6.18. The van der Waals surface area contributed by atoms with Gasteiger partial charge >= 0.3 is 6.03 Å². The lowest BCUT2D eigenvalue weighted by molar-refractivity contribution is -0.147. The summed E-state index contributed by atoms with van der Waals surface area (Å²) in [6.45, 7) is 0.391. The molecule has 4 amide bonds. The molecule has 1 aromatic carbocycles. The molecule has 6 heteroatoms. The summed E-state index contributed by atoms with van der Waals surface area (Å²) in [5.41, 5.74) is 0.977. The zero-order valence-corrected chi connectivity index (χ0v) is 11.3. The maximum atomic E-state index is 11.8. The average molecular weight is 275 g/mol. The lowest BCUT2D eigenvalue weighted by Gasteiger charge is -2.28. The fourth-order valence-electron chi connectivity index (χ4n) is 2.04. The van der Waals surface area contributed by atoms with E-state index < -0.39 is 12.1 Å². The van der Waals surface area contributed by atoms with Crippen molar-refractivity contribution in [3.05, 3.63) is 35.9 Å². The Morgan fingerprint density at radius 2 is 2.00 bits per heavy atom. The number of hydrogen-bond acceptors (Lipinski definition) is 3. The van der Waals surface area contributed by atoms with Crippen molar-refractivity contribution in [1.29, 1.82) is 0 Å². The molecular formula is C14H17N3O3. The van der Waals surface area contributed by atoms with E-state index in [2.05, 4.69) is 10.6 Å². The van der Waals surface area contributed by atoms with Gasteiger partial charge in [-0.05, 0) is 12.0 Å². The van der Waals surface area contributed by atoms with E-state index in [0.717, 1.165) is 10.5 Å². The summed E-state index contributed by atoms with van der Waals surface area (Å²) in [6.07, 6.45) is 0.618. The average Bonchev–Trinajstić information content (AvgIpc) is 2.47. The van der Waals surface area contributed by atoms with Crippen LogP contribution in [0.2, 0.25) is 0 Å². The SMILES string of the molecule is CN1C(=O)CCC(NC(=O)NCc2ccccc2)C1=O. The number of hydrogen-bond donors (Lipinski definition) is 2. The minimum absolute atomic E-state index is 0.210. The van der Waals surface area contributed by atoms with Gasteiger partial charge in [0.2, 0.25) is 5.91 Å². The third-order valence-electron chi connectivity index (χ3n) is 3.25. The number of carbonyl (C=O) groups excluding carboxylic acids is 3. The first-order valence-corrected chi connectivity index (χ1v) is 6.46. The van der Waals surface area contributed by atoms with Crippen LogP contribution >= 0.6 is 0 Å². The van der Waals surface area contributed by atoms with Gasteiger partial charge in [-0.2, -0.15) is 0 Å². The summed E-state index contributed by atoms with van der Waals surface area (Å²) in [7, 11) is 1.43. The number of piperidine rings is 1. The van der Waals surface area contributed by atoms with Gasteiger partial charge in [-0.15, -0.1) is 0 Å². The largest absolute Gasteiger partial charge is 0.334 e. The summed E-state index contributed by atoms with van der Waals surface area (Å²) >= 11 is 0. The number of nitrogens with zero attached hydrogens (tertiary/aromatic N) is 1. The highest BCUT2D eigenvalue weighted by molar-refractivity contribution is 6.01. The van der Waals surface area contributed by atoms with Gasteiger partial charge in [0.05, 0.1) is 0 Å². The molecule has 0 radical (unpaired) electrons. The van der Waals surface area contributed by atoms with Crippen LogP contribution in [0.25, 0.3) is 0 Å². The topological polar surface area (TPSA) is 78.5 Å². The highest BCUT2D eigenvalue weighted by atomic mass is 16.2. The monoisotopic (exact) mass is 275 g/mol. The van der Waals surface area contributed by atoms with Gasteiger partial charge in [0.1, 0.15) is 6.04 Å². The van der Waals surface area contributed by atoms with Crippen LogP contribution in [0.3, 0.4) is 0 Å². The van der Waals surface area contributed by atoms with E-state index in [1.165, 1.54) is 7.05 Å². The summed E-state index contributed by atoms with van der Waals surface area (Å²) in [6, 6.07) is 8.44.